The molecule has 0 saturated carbocycles. The molecule has 2 heterocycles. The average molecular weight is 256 g/mol. The molecule has 0 aromatic rings. The van der Waals surface area contributed by atoms with Gasteiger partial charge in [-0.1, -0.05) is 6.92 Å². The van der Waals surface area contributed by atoms with Gasteiger partial charge >= 0.3 is 0 Å². The Morgan fingerprint density at radius 1 is 1.33 bits per heavy atom. The van der Waals surface area contributed by atoms with Crippen LogP contribution in [0.5, 0.6) is 0 Å². The van der Waals surface area contributed by atoms with E-state index < -0.39 is 0 Å². The summed E-state index contributed by atoms with van der Waals surface area (Å²) in [5.74, 6) is 0.501. The summed E-state index contributed by atoms with van der Waals surface area (Å²) in [7, 11) is 0. The Kier molecular flexibility index (Phi) is 4.97. The van der Waals surface area contributed by atoms with Crippen LogP contribution in [0.1, 0.15) is 20.3 Å². The summed E-state index contributed by atoms with van der Waals surface area (Å²) in [4.78, 5) is 12.2. The Labute approximate surface area is 109 Å². The molecule has 0 aromatic heterocycles. The quantitative estimate of drug-likeness (QED) is 0.735. The lowest BCUT2D eigenvalue weighted by Gasteiger charge is -2.23. The van der Waals surface area contributed by atoms with Gasteiger partial charge in [0.15, 0.2) is 0 Å². The second-order valence-electron chi connectivity index (χ2n) is 5.23. The fourth-order valence-corrected chi connectivity index (χ4v) is 2.67. The molecule has 2 fully saturated rings. The molecule has 104 valence electrons. The lowest BCUT2D eigenvalue weighted by Crippen LogP contribution is -2.48. The zero-order chi connectivity index (χ0) is 13.0. The maximum atomic E-state index is 12.2. The molecule has 4 unspecified atom stereocenters. The van der Waals surface area contributed by atoms with E-state index >= 15 is 0 Å². The van der Waals surface area contributed by atoms with Gasteiger partial charge in [0.05, 0.1) is 25.7 Å². The average Bonchev–Trinajstić information content (AvgIpc) is 3.00. The minimum Gasteiger partial charge on any atom is -0.381 e. The number of carbonyl (C=O) groups excluding carboxylic acids is 1. The van der Waals surface area contributed by atoms with Gasteiger partial charge in [0.2, 0.25) is 5.91 Å². The molecular formula is C13H24N2O3. The fourth-order valence-electron chi connectivity index (χ4n) is 2.67. The van der Waals surface area contributed by atoms with Crippen LogP contribution in [-0.2, 0) is 14.3 Å². The number of amides is 1. The van der Waals surface area contributed by atoms with Gasteiger partial charge in [-0.3, -0.25) is 4.79 Å². The molecule has 18 heavy (non-hydrogen) atoms. The van der Waals surface area contributed by atoms with Gasteiger partial charge in [-0.05, 0) is 19.9 Å². The standard InChI is InChI=1S/C13H24N2O3/c1-3-14-12-8-18-7-11(12)13(16)15-9(2)10-4-5-17-6-10/h9-12,14H,3-8H2,1-2H3,(H,15,16). The van der Waals surface area contributed by atoms with E-state index in [1.165, 1.54) is 0 Å². The second-order valence-corrected chi connectivity index (χ2v) is 5.23. The lowest BCUT2D eigenvalue weighted by atomic mass is 9.98. The molecular weight excluding hydrogens is 232 g/mol. The van der Waals surface area contributed by atoms with Crippen molar-refractivity contribution < 1.29 is 14.3 Å². The largest absolute Gasteiger partial charge is 0.381 e. The van der Waals surface area contributed by atoms with Crippen molar-refractivity contribution in [3.63, 3.8) is 0 Å². The van der Waals surface area contributed by atoms with Crippen LogP contribution in [0, 0.1) is 11.8 Å². The maximum Gasteiger partial charge on any atom is 0.227 e. The number of ether oxygens (including phenoxy) is 2. The van der Waals surface area contributed by atoms with E-state index in [1.807, 2.05) is 6.92 Å². The first-order valence-corrected chi connectivity index (χ1v) is 6.91. The van der Waals surface area contributed by atoms with Crippen molar-refractivity contribution in [1.82, 2.24) is 10.6 Å². The van der Waals surface area contributed by atoms with Crippen LogP contribution >= 0.6 is 0 Å². The molecule has 0 aliphatic carbocycles. The van der Waals surface area contributed by atoms with E-state index in [9.17, 15) is 4.79 Å². The first-order valence-electron chi connectivity index (χ1n) is 6.91. The van der Waals surface area contributed by atoms with Gasteiger partial charge in [-0.2, -0.15) is 0 Å². The number of hydrogen-bond donors (Lipinski definition) is 2. The molecule has 2 aliphatic rings. The fraction of sp³-hybridized carbons (Fsp3) is 0.923. The normalized spacial score (nSPS) is 33.6. The predicted molar refractivity (Wildman–Crippen MR) is 68.3 cm³/mol. The van der Waals surface area contributed by atoms with E-state index in [0.29, 0.717) is 19.1 Å². The Bertz CT molecular complexity index is 279. The number of likely N-dealkylation sites (N-methyl/N-ethyl adjacent to an activating group) is 1. The second kappa shape index (κ2) is 6.50. The topological polar surface area (TPSA) is 59.6 Å². The molecule has 0 aromatic carbocycles. The Morgan fingerprint density at radius 2 is 2.17 bits per heavy atom. The van der Waals surface area contributed by atoms with Crippen molar-refractivity contribution in [1.29, 1.82) is 0 Å². The Hall–Kier alpha value is -0.650. The summed E-state index contributed by atoms with van der Waals surface area (Å²) in [6, 6.07) is 0.338. The van der Waals surface area contributed by atoms with Gasteiger partial charge < -0.3 is 20.1 Å². The molecule has 0 bridgehead atoms. The lowest BCUT2D eigenvalue weighted by molar-refractivity contribution is -0.126. The Morgan fingerprint density at radius 3 is 2.83 bits per heavy atom. The van der Waals surface area contributed by atoms with E-state index in [1.54, 1.807) is 0 Å². The molecule has 2 rings (SSSR count). The molecule has 5 nitrogen and oxygen atoms in total. The van der Waals surface area contributed by atoms with E-state index in [-0.39, 0.29) is 23.9 Å². The van der Waals surface area contributed by atoms with Crippen LogP contribution in [0.15, 0.2) is 0 Å². The third kappa shape index (κ3) is 3.22. The molecule has 2 saturated heterocycles. The van der Waals surface area contributed by atoms with E-state index in [4.69, 9.17) is 9.47 Å². The monoisotopic (exact) mass is 256 g/mol. The molecule has 0 radical (unpaired) electrons. The smallest absolute Gasteiger partial charge is 0.227 e. The maximum absolute atomic E-state index is 12.2. The highest BCUT2D eigenvalue weighted by atomic mass is 16.5. The third-order valence-corrected chi connectivity index (χ3v) is 3.93. The Balaban J connectivity index is 1.82. The molecule has 2 N–H and O–H groups in total. The zero-order valence-corrected chi connectivity index (χ0v) is 11.3. The first-order chi connectivity index (χ1) is 8.72. The van der Waals surface area contributed by atoms with Crippen LogP contribution in [0.2, 0.25) is 0 Å². The predicted octanol–water partition coefficient (Wildman–Crippen LogP) is 0.152. The van der Waals surface area contributed by atoms with Crippen LogP contribution in [-0.4, -0.2) is 51.0 Å². The number of hydrogen-bond acceptors (Lipinski definition) is 4. The third-order valence-electron chi connectivity index (χ3n) is 3.93. The molecule has 0 spiro atoms. The number of carbonyl (C=O) groups is 1. The number of nitrogens with one attached hydrogen (secondary N) is 2. The van der Waals surface area contributed by atoms with Gasteiger partial charge in [-0.25, -0.2) is 0 Å². The summed E-state index contributed by atoms with van der Waals surface area (Å²) in [5, 5.41) is 6.42. The van der Waals surface area contributed by atoms with Crippen LogP contribution in [0.25, 0.3) is 0 Å². The highest BCUT2D eigenvalue weighted by Gasteiger charge is 2.35. The minimum atomic E-state index is -0.0604. The van der Waals surface area contributed by atoms with Crippen molar-refractivity contribution in [2.75, 3.05) is 33.0 Å². The van der Waals surface area contributed by atoms with Crippen LogP contribution < -0.4 is 10.6 Å². The molecule has 4 atom stereocenters. The van der Waals surface area contributed by atoms with E-state index in [2.05, 4.69) is 17.6 Å². The minimum absolute atomic E-state index is 0.0604. The van der Waals surface area contributed by atoms with Crippen molar-refractivity contribution in [2.24, 2.45) is 11.8 Å². The van der Waals surface area contributed by atoms with Crippen LogP contribution in [0.3, 0.4) is 0 Å². The molecule has 5 heteroatoms. The molecule has 1 amide bonds. The van der Waals surface area contributed by atoms with Gasteiger partial charge in [0.25, 0.3) is 0 Å². The van der Waals surface area contributed by atoms with Crippen molar-refractivity contribution >= 4 is 5.91 Å². The zero-order valence-electron chi connectivity index (χ0n) is 11.3. The van der Waals surface area contributed by atoms with Gasteiger partial charge in [-0.15, -0.1) is 0 Å². The van der Waals surface area contributed by atoms with Crippen LogP contribution in [0.4, 0.5) is 0 Å². The first kappa shape index (κ1) is 13.8. The van der Waals surface area contributed by atoms with E-state index in [0.717, 1.165) is 26.2 Å². The summed E-state index contributed by atoms with van der Waals surface area (Å²) < 4.78 is 10.8. The highest BCUT2D eigenvalue weighted by molar-refractivity contribution is 5.80. The van der Waals surface area contributed by atoms with Crippen molar-refractivity contribution in [3.05, 3.63) is 0 Å². The highest BCUT2D eigenvalue weighted by Crippen LogP contribution is 2.18. The summed E-state index contributed by atoms with van der Waals surface area (Å²) in [6.07, 6.45) is 1.04. The number of rotatable bonds is 5. The summed E-state index contributed by atoms with van der Waals surface area (Å²) in [6.45, 7) is 7.71. The van der Waals surface area contributed by atoms with Gasteiger partial charge in [0, 0.05) is 24.6 Å². The van der Waals surface area contributed by atoms with Crippen molar-refractivity contribution in [2.45, 2.75) is 32.4 Å². The SMILES string of the molecule is CCNC1COCC1C(=O)NC(C)C1CCOC1. The summed E-state index contributed by atoms with van der Waals surface area (Å²) >= 11 is 0. The van der Waals surface area contributed by atoms with Crippen molar-refractivity contribution in [3.8, 4) is 0 Å². The summed E-state index contributed by atoms with van der Waals surface area (Å²) in [5.41, 5.74) is 0. The van der Waals surface area contributed by atoms with Gasteiger partial charge in [0.1, 0.15) is 0 Å². The molecule has 2 aliphatic heterocycles.